The maximum Gasteiger partial charge on any atom is 0.246 e. The molecule has 1 aliphatic heterocycles. The highest BCUT2D eigenvalue weighted by Gasteiger charge is 2.38. The quantitative estimate of drug-likeness (QED) is 0.838. The van der Waals surface area contributed by atoms with Gasteiger partial charge in [0.05, 0.1) is 12.5 Å². The molecule has 2 unspecified atom stereocenters. The zero-order valence-corrected chi connectivity index (χ0v) is 12.5. The highest BCUT2D eigenvalue weighted by molar-refractivity contribution is 6.05. The Bertz CT molecular complexity index is 521. The van der Waals surface area contributed by atoms with Crippen LogP contribution in [0, 0.1) is 13.8 Å². The lowest BCUT2D eigenvalue weighted by atomic mass is 10.1. The number of furan rings is 1. The molecule has 1 N–H and O–H groups in total. The third-order valence-corrected chi connectivity index (χ3v) is 3.69. The van der Waals surface area contributed by atoms with E-state index in [1.807, 2.05) is 33.8 Å². The van der Waals surface area contributed by atoms with Crippen LogP contribution < -0.4 is 5.32 Å². The van der Waals surface area contributed by atoms with Gasteiger partial charge in [-0.3, -0.25) is 19.8 Å². The van der Waals surface area contributed by atoms with Crippen LogP contribution in [0.5, 0.6) is 0 Å². The highest BCUT2D eigenvalue weighted by Crippen LogP contribution is 2.23. The van der Waals surface area contributed by atoms with E-state index in [4.69, 9.17) is 4.42 Å². The van der Waals surface area contributed by atoms with E-state index in [0.29, 0.717) is 6.54 Å². The topological polar surface area (TPSA) is 62.6 Å². The minimum absolute atomic E-state index is 0.0178. The summed E-state index contributed by atoms with van der Waals surface area (Å²) >= 11 is 0. The molecule has 1 saturated heterocycles. The van der Waals surface area contributed by atoms with E-state index in [1.165, 1.54) is 4.90 Å². The molecule has 0 aliphatic carbocycles. The number of likely N-dealkylation sites (tertiary alicyclic amines) is 1. The van der Waals surface area contributed by atoms with Gasteiger partial charge in [-0.15, -0.1) is 0 Å². The molecule has 0 bridgehead atoms. The molecule has 2 rings (SSSR count). The molecule has 20 heavy (non-hydrogen) atoms. The number of hydrogen-bond acceptors (Lipinski definition) is 4. The van der Waals surface area contributed by atoms with Crippen LogP contribution in [0.1, 0.15) is 49.8 Å². The van der Waals surface area contributed by atoms with Gasteiger partial charge in [-0.25, -0.2) is 0 Å². The van der Waals surface area contributed by atoms with Crippen molar-refractivity contribution in [1.29, 1.82) is 0 Å². The van der Waals surface area contributed by atoms with Crippen molar-refractivity contribution in [1.82, 2.24) is 10.2 Å². The summed E-state index contributed by atoms with van der Waals surface area (Å²) in [4.78, 5) is 25.4. The first-order valence-corrected chi connectivity index (χ1v) is 7.11. The largest absolute Gasteiger partial charge is 0.466 e. The Kier molecular flexibility index (Phi) is 4.28. The van der Waals surface area contributed by atoms with Gasteiger partial charge >= 0.3 is 0 Å². The third kappa shape index (κ3) is 2.77. The summed E-state index contributed by atoms with van der Waals surface area (Å²) in [5.74, 6) is 1.51. The summed E-state index contributed by atoms with van der Waals surface area (Å²) in [5, 5.41) is 3.25. The average Bonchev–Trinajstić information content (AvgIpc) is 2.84. The van der Waals surface area contributed by atoms with E-state index >= 15 is 0 Å². The molecule has 1 fully saturated rings. The van der Waals surface area contributed by atoms with Crippen molar-refractivity contribution in [3.05, 3.63) is 23.2 Å². The maximum absolute atomic E-state index is 12.2. The van der Waals surface area contributed by atoms with Crippen molar-refractivity contribution in [3.63, 3.8) is 0 Å². The van der Waals surface area contributed by atoms with Crippen LogP contribution in [-0.2, 0) is 9.59 Å². The molecule has 2 amide bonds. The van der Waals surface area contributed by atoms with Crippen molar-refractivity contribution >= 4 is 11.8 Å². The Morgan fingerprint density at radius 2 is 2.15 bits per heavy atom. The molecule has 5 heteroatoms. The second-order valence-electron chi connectivity index (χ2n) is 5.40. The van der Waals surface area contributed by atoms with Gasteiger partial charge in [0.2, 0.25) is 11.8 Å². The first kappa shape index (κ1) is 14.8. The van der Waals surface area contributed by atoms with Crippen molar-refractivity contribution in [2.24, 2.45) is 0 Å². The standard InChI is InChI=1S/C15H22N2O3/c1-5-6-17-14(18)8-13(15(17)19)16-10(3)12-7-9(2)20-11(12)4/h7,10,13,16H,5-6,8H2,1-4H3. The summed E-state index contributed by atoms with van der Waals surface area (Å²) in [6, 6.07) is 1.53. The number of nitrogens with zero attached hydrogens (tertiary/aromatic N) is 1. The minimum Gasteiger partial charge on any atom is -0.466 e. The molecular weight excluding hydrogens is 256 g/mol. The Morgan fingerprint density at radius 3 is 2.70 bits per heavy atom. The number of rotatable bonds is 5. The Labute approximate surface area is 119 Å². The predicted octanol–water partition coefficient (Wildman–Crippen LogP) is 2.08. The number of carbonyl (C=O) groups excluding carboxylic acids is 2. The number of amides is 2. The van der Waals surface area contributed by atoms with Crippen LogP contribution in [0.15, 0.2) is 10.5 Å². The SMILES string of the molecule is CCCN1C(=O)CC(NC(C)c2cc(C)oc2C)C1=O. The summed E-state index contributed by atoms with van der Waals surface area (Å²) < 4.78 is 5.51. The first-order valence-electron chi connectivity index (χ1n) is 7.11. The van der Waals surface area contributed by atoms with Gasteiger partial charge in [-0.1, -0.05) is 6.92 Å². The molecular formula is C15H22N2O3. The summed E-state index contributed by atoms with van der Waals surface area (Å²) in [7, 11) is 0. The number of hydrogen-bond donors (Lipinski definition) is 1. The second-order valence-corrected chi connectivity index (χ2v) is 5.40. The van der Waals surface area contributed by atoms with Crippen LogP contribution >= 0.6 is 0 Å². The predicted molar refractivity (Wildman–Crippen MR) is 75.1 cm³/mol. The van der Waals surface area contributed by atoms with Crippen molar-refractivity contribution < 1.29 is 14.0 Å². The van der Waals surface area contributed by atoms with Crippen molar-refractivity contribution in [2.45, 2.75) is 52.6 Å². The van der Waals surface area contributed by atoms with Gasteiger partial charge in [0, 0.05) is 18.2 Å². The molecule has 0 aromatic carbocycles. The number of aryl methyl sites for hydroxylation is 2. The second kappa shape index (κ2) is 5.79. The van der Waals surface area contributed by atoms with E-state index in [2.05, 4.69) is 5.32 Å². The van der Waals surface area contributed by atoms with Gasteiger partial charge < -0.3 is 4.42 Å². The molecule has 110 valence electrons. The van der Waals surface area contributed by atoms with Crippen molar-refractivity contribution in [3.8, 4) is 0 Å². The lowest BCUT2D eigenvalue weighted by Gasteiger charge is -2.18. The third-order valence-electron chi connectivity index (χ3n) is 3.69. The molecule has 2 heterocycles. The number of nitrogens with one attached hydrogen (secondary N) is 1. The van der Waals surface area contributed by atoms with Crippen LogP contribution in [-0.4, -0.2) is 29.3 Å². The molecule has 1 aromatic rings. The zero-order valence-electron chi connectivity index (χ0n) is 12.5. The molecule has 5 nitrogen and oxygen atoms in total. The highest BCUT2D eigenvalue weighted by atomic mass is 16.3. The minimum atomic E-state index is -0.418. The molecule has 0 saturated carbocycles. The molecule has 0 spiro atoms. The van der Waals surface area contributed by atoms with Gasteiger partial charge in [-0.05, 0) is 33.3 Å². The first-order chi connectivity index (χ1) is 9.43. The fourth-order valence-corrected chi connectivity index (χ4v) is 2.74. The lowest BCUT2D eigenvalue weighted by molar-refractivity contribution is -0.138. The van der Waals surface area contributed by atoms with Gasteiger partial charge in [0.25, 0.3) is 0 Å². The normalized spacial score (nSPS) is 20.8. The van der Waals surface area contributed by atoms with E-state index in [-0.39, 0.29) is 24.3 Å². The lowest BCUT2D eigenvalue weighted by Crippen LogP contribution is -2.40. The molecule has 1 aliphatic rings. The van der Waals surface area contributed by atoms with E-state index in [0.717, 1.165) is 23.5 Å². The molecule has 2 atom stereocenters. The van der Waals surface area contributed by atoms with E-state index in [1.54, 1.807) is 0 Å². The van der Waals surface area contributed by atoms with Gasteiger partial charge in [0.15, 0.2) is 0 Å². The average molecular weight is 278 g/mol. The maximum atomic E-state index is 12.2. The monoisotopic (exact) mass is 278 g/mol. The van der Waals surface area contributed by atoms with Crippen molar-refractivity contribution in [2.75, 3.05) is 6.54 Å². The summed E-state index contributed by atoms with van der Waals surface area (Å²) in [5.41, 5.74) is 1.04. The molecule has 0 radical (unpaired) electrons. The molecule has 1 aromatic heterocycles. The van der Waals surface area contributed by atoms with E-state index < -0.39 is 6.04 Å². The zero-order chi connectivity index (χ0) is 14.9. The number of carbonyl (C=O) groups is 2. The Morgan fingerprint density at radius 1 is 1.45 bits per heavy atom. The van der Waals surface area contributed by atoms with Crippen LogP contribution in [0.4, 0.5) is 0 Å². The van der Waals surface area contributed by atoms with E-state index in [9.17, 15) is 9.59 Å². The Balaban J connectivity index is 2.05. The fraction of sp³-hybridized carbons (Fsp3) is 0.600. The van der Waals surface area contributed by atoms with Gasteiger partial charge in [0.1, 0.15) is 11.5 Å². The van der Waals surface area contributed by atoms with Gasteiger partial charge in [-0.2, -0.15) is 0 Å². The summed E-state index contributed by atoms with van der Waals surface area (Å²) in [6.45, 7) is 8.26. The van der Waals surface area contributed by atoms with Crippen LogP contribution in [0.3, 0.4) is 0 Å². The number of imide groups is 1. The van der Waals surface area contributed by atoms with Crippen LogP contribution in [0.25, 0.3) is 0 Å². The van der Waals surface area contributed by atoms with Crippen LogP contribution in [0.2, 0.25) is 0 Å². The summed E-state index contributed by atoms with van der Waals surface area (Å²) in [6.07, 6.45) is 1.04. The fourth-order valence-electron chi connectivity index (χ4n) is 2.74. The Hall–Kier alpha value is -1.62. The smallest absolute Gasteiger partial charge is 0.246 e.